The van der Waals surface area contributed by atoms with Crippen LogP contribution < -0.4 is 0 Å². The zero-order valence-electron chi connectivity index (χ0n) is 15.2. The molecule has 0 aliphatic carbocycles. The van der Waals surface area contributed by atoms with Gasteiger partial charge in [-0.2, -0.15) is 0 Å². The molecule has 12 nitrogen and oxygen atoms in total. The van der Waals surface area contributed by atoms with Gasteiger partial charge in [0.05, 0.1) is 52.4 Å². The first-order chi connectivity index (χ1) is 12.2. The van der Waals surface area contributed by atoms with Crippen LogP contribution in [0.5, 0.6) is 0 Å². The summed E-state index contributed by atoms with van der Waals surface area (Å²) < 4.78 is 0. The maximum Gasteiger partial charge on any atom is 0.100 e. The first-order valence-electron chi connectivity index (χ1n) is 7.74. The van der Waals surface area contributed by atoms with Crippen molar-refractivity contribution >= 4 is 0 Å². The van der Waals surface area contributed by atoms with Crippen molar-refractivity contribution < 1.29 is 61.3 Å². The largest absolute Gasteiger partial charge is 0.396 e. The van der Waals surface area contributed by atoms with Gasteiger partial charge in [-0.15, -0.1) is 0 Å². The van der Waals surface area contributed by atoms with Gasteiger partial charge in [-0.3, -0.25) is 0 Å². The van der Waals surface area contributed by atoms with E-state index in [2.05, 4.69) is 0 Å². The second kappa shape index (κ2) is 39.5. The molecular weight excluding hydrogens is 360 g/mol. The van der Waals surface area contributed by atoms with Crippen LogP contribution in [0.1, 0.15) is 13.3 Å². The fourth-order valence-electron chi connectivity index (χ4n) is 0.186. The molecule has 0 rings (SSSR count). The third kappa shape index (κ3) is 76.1. The van der Waals surface area contributed by atoms with Crippen molar-refractivity contribution in [2.45, 2.75) is 31.7 Å². The highest BCUT2D eigenvalue weighted by Crippen LogP contribution is 1.72. The van der Waals surface area contributed by atoms with E-state index in [0.29, 0.717) is 6.42 Å². The Bertz CT molecular complexity index is 163. The zero-order valence-corrected chi connectivity index (χ0v) is 15.2. The molecule has 0 aromatic heterocycles. The first kappa shape index (κ1) is 36.4. The minimum Gasteiger partial charge on any atom is -0.396 e. The van der Waals surface area contributed by atoms with Gasteiger partial charge in [0.1, 0.15) is 12.2 Å². The summed E-state index contributed by atoms with van der Waals surface area (Å²) in [5.74, 6) is 0. The molecule has 0 bridgehead atoms. The Labute approximate surface area is 153 Å². The van der Waals surface area contributed by atoms with Gasteiger partial charge >= 0.3 is 0 Å². The van der Waals surface area contributed by atoms with E-state index in [1.807, 2.05) is 0 Å². The lowest BCUT2D eigenvalue weighted by Gasteiger charge is -1.96. The lowest BCUT2D eigenvalue weighted by molar-refractivity contribution is 0.0450. The highest BCUT2D eigenvalue weighted by Gasteiger charge is 1.94. The molecule has 0 radical (unpaired) electrons. The van der Waals surface area contributed by atoms with E-state index in [1.165, 1.54) is 6.92 Å². The zero-order chi connectivity index (χ0) is 21.8. The van der Waals surface area contributed by atoms with Gasteiger partial charge in [0, 0.05) is 13.2 Å². The van der Waals surface area contributed by atoms with Crippen LogP contribution in [-0.2, 0) is 0 Å². The molecule has 0 heterocycles. The Morgan fingerprint density at radius 1 is 0.462 bits per heavy atom. The van der Waals surface area contributed by atoms with Gasteiger partial charge < -0.3 is 61.3 Å². The average molecular weight is 398 g/mol. The van der Waals surface area contributed by atoms with Crippen molar-refractivity contribution in [3.8, 4) is 0 Å². The standard InChI is InChI=1S/2C3H8O3.2C3H8O2.C2H6O2/c2*4-1-3(6)2-5;1-3(5)2-4;4-2-1-3-5;3-1-2-4/h2*3-6H,1-2H2;3-5H,2H2,1H3;4-5H,1-3H2;3-4H,1-2H2. The van der Waals surface area contributed by atoms with Crippen LogP contribution in [0.3, 0.4) is 0 Å². The predicted octanol–water partition coefficient (Wildman–Crippen LogP) is -5.64. The van der Waals surface area contributed by atoms with Gasteiger partial charge in [0.15, 0.2) is 0 Å². The van der Waals surface area contributed by atoms with E-state index in [9.17, 15) is 0 Å². The average Bonchev–Trinajstić information content (AvgIpc) is 2.68. The summed E-state index contributed by atoms with van der Waals surface area (Å²) in [4.78, 5) is 0. The summed E-state index contributed by atoms with van der Waals surface area (Å²) in [6, 6.07) is 0. The third-order valence-electron chi connectivity index (χ3n) is 1.52. The van der Waals surface area contributed by atoms with E-state index < -0.39 is 18.3 Å². The first-order valence-corrected chi connectivity index (χ1v) is 7.74. The number of aliphatic hydroxyl groups excluding tert-OH is 12. The maximum atomic E-state index is 8.17. The van der Waals surface area contributed by atoms with Gasteiger partial charge in [-0.1, -0.05) is 0 Å². The van der Waals surface area contributed by atoms with Crippen LogP contribution >= 0.6 is 0 Å². The van der Waals surface area contributed by atoms with E-state index in [0.717, 1.165) is 0 Å². The maximum absolute atomic E-state index is 8.17. The number of hydrogen-bond acceptors (Lipinski definition) is 12. The normalized spacial score (nSPS) is 10.3. The molecule has 0 amide bonds. The van der Waals surface area contributed by atoms with Gasteiger partial charge in [-0.25, -0.2) is 0 Å². The fraction of sp³-hybridized carbons (Fsp3) is 1.00. The summed E-state index contributed by atoms with van der Waals surface area (Å²) >= 11 is 0. The Balaban J connectivity index is -0.0000000712. The molecule has 0 aromatic carbocycles. The molecule has 0 aliphatic heterocycles. The predicted molar refractivity (Wildman–Crippen MR) is 92.1 cm³/mol. The quantitative estimate of drug-likeness (QED) is 0.183. The highest BCUT2D eigenvalue weighted by molar-refractivity contribution is 4.44. The summed E-state index contributed by atoms with van der Waals surface area (Å²) in [6.45, 7) is -0.132. The molecule has 12 heteroatoms. The molecular formula is C14H38O12. The molecule has 12 N–H and O–H groups in total. The highest BCUT2D eigenvalue weighted by atomic mass is 16.4. The van der Waals surface area contributed by atoms with E-state index in [-0.39, 0.29) is 59.5 Å². The summed E-state index contributed by atoms with van der Waals surface area (Å²) in [7, 11) is 0. The second-order valence-electron chi connectivity index (χ2n) is 4.32. The second-order valence-corrected chi connectivity index (χ2v) is 4.32. The van der Waals surface area contributed by atoms with Crippen LogP contribution in [0.25, 0.3) is 0 Å². The molecule has 26 heavy (non-hydrogen) atoms. The van der Waals surface area contributed by atoms with Crippen molar-refractivity contribution in [3.63, 3.8) is 0 Å². The molecule has 0 saturated carbocycles. The molecule has 0 spiro atoms. The number of aliphatic hydroxyl groups is 12. The Hall–Kier alpha value is -0.480. The minimum atomic E-state index is -0.954. The molecule has 166 valence electrons. The molecule has 0 aliphatic rings. The summed E-state index contributed by atoms with van der Waals surface area (Å²) in [5.41, 5.74) is 0. The van der Waals surface area contributed by atoms with Crippen molar-refractivity contribution in [3.05, 3.63) is 0 Å². The Morgan fingerprint density at radius 2 is 0.692 bits per heavy atom. The number of hydrogen-bond donors (Lipinski definition) is 12. The van der Waals surface area contributed by atoms with E-state index >= 15 is 0 Å². The molecule has 0 saturated heterocycles. The van der Waals surface area contributed by atoms with E-state index in [1.54, 1.807) is 0 Å². The lowest BCUT2D eigenvalue weighted by Crippen LogP contribution is -2.15. The van der Waals surface area contributed by atoms with Crippen molar-refractivity contribution in [1.29, 1.82) is 0 Å². The molecule has 0 aromatic rings. The van der Waals surface area contributed by atoms with Gasteiger partial charge in [-0.05, 0) is 13.3 Å². The third-order valence-corrected chi connectivity index (χ3v) is 1.52. The van der Waals surface area contributed by atoms with Crippen LogP contribution in [0.4, 0.5) is 0 Å². The fourth-order valence-corrected chi connectivity index (χ4v) is 0.186. The van der Waals surface area contributed by atoms with E-state index in [4.69, 9.17) is 61.3 Å². The SMILES string of the molecule is CC(O)CO.OCC(O)CO.OCC(O)CO.OCCCO.OCCO. The van der Waals surface area contributed by atoms with Gasteiger partial charge in [0.25, 0.3) is 0 Å². The van der Waals surface area contributed by atoms with Crippen molar-refractivity contribution in [1.82, 2.24) is 0 Å². The molecule has 1 atom stereocenters. The minimum absolute atomic E-state index is 0.0938. The van der Waals surface area contributed by atoms with Crippen molar-refractivity contribution in [2.75, 3.05) is 59.5 Å². The number of rotatable bonds is 8. The van der Waals surface area contributed by atoms with Crippen LogP contribution in [0.2, 0.25) is 0 Å². The summed E-state index contributed by atoms with van der Waals surface area (Å²) in [6.07, 6.45) is -1.97. The Morgan fingerprint density at radius 3 is 0.692 bits per heavy atom. The lowest BCUT2D eigenvalue weighted by atomic mass is 10.4. The monoisotopic (exact) mass is 398 g/mol. The van der Waals surface area contributed by atoms with Crippen molar-refractivity contribution in [2.24, 2.45) is 0 Å². The smallest absolute Gasteiger partial charge is 0.100 e. The molecule has 1 unspecified atom stereocenters. The Kier molecular flexibility index (Phi) is 55.4. The summed E-state index contributed by atoms with van der Waals surface area (Å²) in [5, 5.41) is 95.1. The topological polar surface area (TPSA) is 243 Å². The van der Waals surface area contributed by atoms with Gasteiger partial charge in [0.2, 0.25) is 0 Å². The van der Waals surface area contributed by atoms with Crippen LogP contribution in [0.15, 0.2) is 0 Å². The van der Waals surface area contributed by atoms with Crippen LogP contribution in [-0.4, -0.2) is 139 Å². The van der Waals surface area contributed by atoms with Crippen LogP contribution in [0, 0.1) is 0 Å². The molecule has 0 fully saturated rings.